The molecule has 0 saturated heterocycles. The van der Waals surface area contributed by atoms with Gasteiger partial charge in [-0.1, -0.05) is 12.1 Å². The fourth-order valence-electron chi connectivity index (χ4n) is 2.81. The van der Waals surface area contributed by atoms with Crippen LogP contribution in [0.4, 0.5) is 18.0 Å². The number of nitrogens with zero attached hydrogens (tertiary/aromatic N) is 1. The summed E-state index contributed by atoms with van der Waals surface area (Å²) >= 11 is 0. The van der Waals surface area contributed by atoms with E-state index in [4.69, 9.17) is 10.5 Å². The van der Waals surface area contributed by atoms with E-state index in [1.807, 2.05) is 0 Å². The lowest BCUT2D eigenvalue weighted by molar-refractivity contribution is -0.140. The lowest BCUT2D eigenvalue weighted by Gasteiger charge is -2.20. The van der Waals surface area contributed by atoms with Gasteiger partial charge in [-0.25, -0.2) is 4.79 Å². The molecule has 0 saturated carbocycles. The van der Waals surface area contributed by atoms with E-state index in [0.29, 0.717) is 22.4 Å². The van der Waals surface area contributed by atoms with Gasteiger partial charge in [-0.05, 0) is 41.0 Å². The maximum absolute atomic E-state index is 13.2. The SMILES string of the molecule is COC(=O)Cc1ccc(OC)c(-c2ccc(C(F)(F)F)cc2CN(C)C(N)=O)c1. The van der Waals surface area contributed by atoms with Crippen LogP contribution in [0.2, 0.25) is 0 Å². The van der Waals surface area contributed by atoms with Crippen LogP contribution in [0.15, 0.2) is 36.4 Å². The number of hydrogen-bond donors (Lipinski definition) is 1. The van der Waals surface area contributed by atoms with Crippen molar-refractivity contribution < 1.29 is 32.2 Å². The van der Waals surface area contributed by atoms with Gasteiger partial charge >= 0.3 is 18.2 Å². The van der Waals surface area contributed by atoms with Crippen LogP contribution in [0.5, 0.6) is 5.75 Å². The number of amides is 2. The number of nitrogens with two attached hydrogens (primary N) is 1. The summed E-state index contributed by atoms with van der Waals surface area (Å²) in [6, 6.07) is 7.39. The zero-order valence-electron chi connectivity index (χ0n) is 16.2. The van der Waals surface area contributed by atoms with E-state index in [0.717, 1.165) is 17.0 Å². The Labute approximate surface area is 166 Å². The normalized spacial score (nSPS) is 11.1. The number of halogens is 3. The Balaban J connectivity index is 2.63. The maximum atomic E-state index is 13.2. The van der Waals surface area contributed by atoms with Crippen molar-refractivity contribution in [3.63, 3.8) is 0 Å². The van der Waals surface area contributed by atoms with E-state index < -0.39 is 23.7 Å². The molecule has 0 aliphatic rings. The van der Waals surface area contributed by atoms with Gasteiger partial charge in [0.15, 0.2) is 0 Å². The van der Waals surface area contributed by atoms with E-state index in [2.05, 4.69) is 4.74 Å². The van der Waals surface area contributed by atoms with Crippen LogP contribution >= 0.6 is 0 Å². The van der Waals surface area contributed by atoms with Crippen LogP contribution < -0.4 is 10.5 Å². The van der Waals surface area contributed by atoms with Gasteiger partial charge < -0.3 is 20.1 Å². The number of hydrogen-bond acceptors (Lipinski definition) is 4. The Morgan fingerprint density at radius 2 is 1.76 bits per heavy atom. The standard InChI is InChI=1S/C20H21F3N2O4/c1-25(19(24)27)11-13-10-14(20(21,22)23)5-6-15(13)16-8-12(9-18(26)29-3)4-7-17(16)28-2/h4-8,10H,9,11H2,1-3H3,(H2,24,27). The van der Waals surface area contributed by atoms with E-state index in [1.165, 1.54) is 27.3 Å². The number of methoxy groups -OCH3 is 2. The molecule has 2 aromatic rings. The minimum Gasteiger partial charge on any atom is -0.496 e. The van der Waals surface area contributed by atoms with Crippen molar-refractivity contribution in [1.29, 1.82) is 0 Å². The molecule has 0 aromatic heterocycles. The molecule has 0 aliphatic heterocycles. The first kappa shape index (κ1) is 22.1. The number of alkyl halides is 3. The molecule has 2 amide bonds. The predicted molar refractivity (Wildman–Crippen MR) is 100 cm³/mol. The van der Waals surface area contributed by atoms with Gasteiger partial charge in [0, 0.05) is 19.2 Å². The third kappa shape index (κ3) is 5.40. The fourth-order valence-corrected chi connectivity index (χ4v) is 2.81. The van der Waals surface area contributed by atoms with Crippen LogP contribution in [0.25, 0.3) is 11.1 Å². The molecule has 0 radical (unpaired) electrons. The van der Waals surface area contributed by atoms with Gasteiger partial charge in [0.2, 0.25) is 0 Å². The Morgan fingerprint density at radius 3 is 2.31 bits per heavy atom. The molecule has 0 bridgehead atoms. The van der Waals surface area contributed by atoms with Gasteiger partial charge in [-0.15, -0.1) is 0 Å². The Morgan fingerprint density at radius 1 is 1.07 bits per heavy atom. The molecule has 0 spiro atoms. The highest BCUT2D eigenvalue weighted by atomic mass is 19.4. The summed E-state index contributed by atoms with van der Waals surface area (Å²) in [6.07, 6.45) is -4.56. The molecule has 2 aromatic carbocycles. The number of ether oxygens (including phenoxy) is 2. The van der Waals surface area contributed by atoms with Crippen molar-refractivity contribution in [1.82, 2.24) is 4.90 Å². The van der Waals surface area contributed by atoms with E-state index in [1.54, 1.807) is 18.2 Å². The van der Waals surface area contributed by atoms with Crippen LogP contribution in [-0.4, -0.2) is 38.2 Å². The minimum absolute atomic E-state index is 0.00927. The monoisotopic (exact) mass is 410 g/mol. The van der Waals surface area contributed by atoms with Crippen molar-refractivity contribution in [2.75, 3.05) is 21.3 Å². The first-order valence-corrected chi connectivity index (χ1v) is 8.51. The summed E-state index contributed by atoms with van der Waals surface area (Å²) in [5.41, 5.74) is 6.12. The zero-order valence-corrected chi connectivity index (χ0v) is 16.2. The molecule has 2 rings (SSSR count). The number of carbonyl (C=O) groups is 2. The average molecular weight is 410 g/mol. The van der Waals surface area contributed by atoms with Crippen molar-refractivity contribution in [3.8, 4) is 16.9 Å². The average Bonchev–Trinajstić information content (AvgIpc) is 2.67. The maximum Gasteiger partial charge on any atom is 0.416 e. The second kappa shape index (κ2) is 8.85. The summed E-state index contributed by atoms with van der Waals surface area (Å²) in [5.74, 6) is -0.0522. The molecule has 29 heavy (non-hydrogen) atoms. The van der Waals surface area contributed by atoms with Crippen molar-refractivity contribution in [2.45, 2.75) is 19.1 Å². The minimum atomic E-state index is -4.55. The van der Waals surface area contributed by atoms with Crippen LogP contribution in [0.1, 0.15) is 16.7 Å². The zero-order chi connectivity index (χ0) is 21.8. The van der Waals surface area contributed by atoms with Crippen molar-refractivity contribution in [3.05, 3.63) is 53.1 Å². The molecule has 0 unspecified atom stereocenters. The lowest BCUT2D eigenvalue weighted by atomic mass is 9.94. The van der Waals surface area contributed by atoms with Gasteiger partial charge in [-0.3, -0.25) is 4.79 Å². The Kier molecular flexibility index (Phi) is 6.73. The summed E-state index contributed by atoms with van der Waals surface area (Å²) in [4.78, 5) is 24.1. The van der Waals surface area contributed by atoms with Gasteiger partial charge in [0.25, 0.3) is 0 Å². The number of benzene rings is 2. The number of esters is 1. The molecule has 6 nitrogen and oxygen atoms in total. The third-order valence-electron chi connectivity index (χ3n) is 4.35. The van der Waals surface area contributed by atoms with Gasteiger partial charge in [0.05, 0.1) is 26.2 Å². The summed E-state index contributed by atoms with van der Waals surface area (Å²) in [7, 11) is 4.08. The number of carbonyl (C=O) groups excluding carboxylic acids is 2. The van der Waals surface area contributed by atoms with E-state index >= 15 is 0 Å². The first-order valence-electron chi connectivity index (χ1n) is 8.51. The fraction of sp³-hybridized carbons (Fsp3) is 0.300. The largest absolute Gasteiger partial charge is 0.496 e. The highest BCUT2D eigenvalue weighted by molar-refractivity contribution is 5.78. The molecule has 0 fully saturated rings. The second-order valence-electron chi connectivity index (χ2n) is 6.35. The van der Waals surface area contributed by atoms with Crippen LogP contribution in [0.3, 0.4) is 0 Å². The summed E-state index contributed by atoms with van der Waals surface area (Å²) in [5, 5.41) is 0. The highest BCUT2D eigenvalue weighted by Gasteiger charge is 2.31. The molecule has 2 N–H and O–H groups in total. The van der Waals surface area contributed by atoms with E-state index in [9.17, 15) is 22.8 Å². The van der Waals surface area contributed by atoms with Crippen molar-refractivity contribution >= 4 is 12.0 Å². The number of urea groups is 1. The molecular weight excluding hydrogens is 389 g/mol. The van der Waals surface area contributed by atoms with E-state index in [-0.39, 0.29) is 18.5 Å². The van der Waals surface area contributed by atoms with Gasteiger partial charge in [0.1, 0.15) is 5.75 Å². The molecule has 156 valence electrons. The quantitative estimate of drug-likeness (QED) is 0.738. The Hall–Kier alpha value is -3.23. The van der Waals surface area contributed by atoms with Gasteiger partial charge in [-0.2, -0.15) is 13.2 Å². The lowest BCUT2D eigenvalue weighted by Crippen LogP contribution is -2.31. The number of primary amides is 1. The summed E-state index contributed by atoms with van der Waals surface area (Å²) < 4.78 is 49.6. The van der Waals surface area contributed by atoms with Crippen LogP contribution in [0, 0.1) is 0 Å². The number of rotatable bonds is 6. The molecule has 0 heterocycles. The molecule has 9 heteroatoms. The summed E-state index contributed by atoms with van der Waals surface area (Å²) in [6.45, 7) is -0.140. The first-order chi connectivity index (χ1) is 13.6. The smallest absolute Gasteiger partial charge is 0.416 e. The molecule has 0 aliphatic carbocycles. The predicted octanol–water partition coefficient (Wildman–Crippen LogP) is 3.61. The van der Waals surface area contributed by atoms with Crippen molar-refractivity contribution in [2.24, 2.45) is 5.73 Å². The van der Waals surface area contributed by atoms with Crippen LogP contribution in [-0.2, 0) is 28.7 Å². The molecular formula is C20H21F3N2O4. The second-order valence-corrected chi connectivity index (χ2v) is 6.35. The Bertz CT molecular complexity index is 913. The molecule has 0 atom stereocenters. The highest BCUT2D eigenvalue weighted by Crippen LogP contribution is 2.37. The topological polar surface area (TPSA) is 81.9 Å². The third-order valence-corrected chi connectivity index (χ3v) is 4.35.